The predicted molar refractivity (Wildman–Crippen MR) is 108 cm³/mol. The largest absolute Gasteiger partial charge is 0.352 e. The number of anilines is 1. The zero-order valence-corrected chi connectivity index (χ0v) is 16.5. The maximum absolute atomic E-state index is 12.7. The van der Waals surface area contributed by atoms with E-state index < -0.39 is 0 Å². The van der Waals surface area contributed by atoms with Crippen LogP contribution in [-0.2, 0) is 16.1 Å². The zero-order chi connectivity index (χ0) is 19.5. The molecule has 0 aliphatic carbocycles. The van der Waals surface area contributed by atoms with E-state index >= 15 is 0 Å². The van der Waals surface area contributed by atoms with Crippen LogP contribution in [-0.4, -0.2) is 33.1 Å². The Morgan fingerprint density at radius 3 is 2.82 bits per heavy atom. The molecule has 1 unspecified atom stereocenters. The molecule has 3 aromatic rings. The first-order chi connectivity index (χ1) is 13.6. The number of halogens is 1. The lowest BCUT2D eigenvalue weighted by atomic mass is 10.1. The molecule has 1 aromatic carbocycles. The fourth-order valence-electron chi connectivity index (χ4n) is 3.28. The van der Waals surface area contributed by atoms with E-state index in [1.54, 1.807) is 28.2 Å². The number of aromatic nitrogens is 3. The first-order valence-electron chi connectivity index (χ1n) is 8.90. The van der Waals surface area contributed by atoms with Crippen molar-refractivity contribution < 1.29 is 9.59 Å². The van der Waals surface area contributed by atoms with Gasteiger partial charge in [-0.1, -0.05) is 18.2 Å². The molecule has 1 aliphatic rings. The molecular weight excluding hydrogens is 422 g/mol. The minimum Gasteiger partial charge on any atom is -0.352 e. The van der Waals surface area contributed by atoms with E-state index in [1.165, 1.54) is 0 Å². The van der Waals surface area contributed by atoms with Crippen LogP contribution in [0, 0.1) is 5.92 Å². The van der Waals surface area contributed by atoms with Crippen LogP contribution in [0.15, 0.2) is 65.5 Å². The summed E-state index contributed by atoms with van der Waals surface area (Å²) in [6, 6.07) is 13.1. The van der Waals surface area contributed by atoms with E-state index in [0.29, 0.717) is 18.9 Å². The molecule has 0 saturated carbocycles. The van der Waals surface area contributed by atoms with Gasteiger partial charge in [0, 0.05) is 48.1 Å². The van der Waals surface area contributed by atoms with E-state index in [9.17, 15) is 9.59 Å². The van der Waals surface area contributed by atoms with Gasteiger partial charge in [0.05, 0.1) is 11.6 Å². The van der Waals surface area contributed by atoms with Gasteiger partial charge in [0.15, 0.2) is 5.82 Å². The molecule has 1 fully saturated rings. The molecule has 0 radical (unpaired) electrons. The molecule has 8 heteroatoms. The molecule has 2 amide bonds. The number of carbonyl (C=O) groups is 2. The van der Waals surface area contributed by atoms with Crippen LogP contribution in [0.5, 0.6) is 0 Å². The summed E-state index contributed by atoms with van der Waals surface area (Å²) in [5, 5.41) is 7.14. The van der Waals surface area contributed by atoms with Crippen molar-refractivity contribution in [1.82, 2.24) is 20.1 Å². The minimum absolute atomic E-state index is 0.0503. The maximum atomic E-state index is 12.7. The Bertz CT molecular complexity index is 1010. The smallest absolute Gasteiger partial charge is 0.227 e. The molecule has 2 aromatic heterocycles. The normalized spacial score (nSPS) is 16.4. The van der Waals surface area contributed by atoms with Gasteiger partial charge in [0.25, 0.3) is 0 Å². The lowest BCUT2D eigenvalue weighted by Gasteiger charge is -2.18. The number of carbonyl (C=O) groups excluding carboxylic acids is 2. The first-order valence-corrected chi connectivity index (χ1v) is 9.69. The summed E-state index contributed by atoms with van der Waals surface area (Å²) in [6.07, 6.45) is 5.37. The van der Waals surface area contributed by atoms with Gasteiger partial charge < -0.3 is 10.2 Å². The van der Waals surface area contributed by atoms with Gasteiger partial charge in [-0.2, -0.15) is 5.10 Å². The van der Waals surface area contributed by atoms with Crippen molar-refractivity contribution in [3.8, 4) is 5.82 Å². The first kappa shape index (κ1) is 18.4. The summed E-state index contributed by atoms with van der Waals surface area (Å²) in [5.41, 5.74) is 1.64. The monoisotopic (exact) mass is 439 g/mol. The average molecular weight is 440 g/mol. The van der Waals surface area contributed by atoms with Crippen molar-refractivity contribution >= 4 is 33.4 Å². The topological polar surface area (TPSA) is 80.1 Å². The quantitative estimate of drug-likeness (QED) is 0.662. The van der Waals surface area contributed by atoms with Crippen LogP contribution in [0.3, 0.4) is 0 Å². The van der Waals surface area contributed by atoms with Crippen molar-refractivity contribution in [2.75, 3.05) is 11.4 Å². The van der Waals surface area contributed by atoms with Gasteiger partial charge in [-0.25, -0.2) is 9.67 Å². The molecule has 28 heavy (non-hydrogen) atoms. The molecule has 7 nitrogen and oxygen atoms in total. The van der Waals surface area contributed by atoms with Gasteiger partial charge in [-0.3, -0.25) is 9.59 Å². The summed E-state index contributed by atoms with van der Waals surface area (Å²) in [5.74, 6) is 0.0957. The van der Waals surface area contributed by atoms with E-state index in [1.807, 2.05) is 42.5 Å². The molecule has 3 heterocycles. The van der Waals surface area contributed by atoms with Gasteiger partial charge in [0.2, 0.25) is 11.8 Å². The molecule has 1 atom stereocenters. The van der Waals surface area contributed by atoms with E-state index in [2.05, 4.69) is 31.3 Å². The number of pyridine rings is 1. The fourth-order valence-corrected chi connectivity index (χ4v) is 3.78. The lowest BCUT2D eigenvalue weighted by Crippen LogP contribution is -2.33. The van der Waals surface area contributed by atoms with Crippen LogP contribution < -0.4 is 10.2 Å². The second-order valence-electron chi connectivity index (χ2n) is 6.51. The highest BCUT2D eigenvalue weighted by atomic mass is 79.9. The van der Waals surface area contributed by atoms with Crippen LogP contribution in [0.2, 0.25) is 0 Å². The van der Waals surface area contributed by atoms with Crippen molar-refractivity contribution in [1.29, 1.82) is 0 Å². The molecule has 0 bridgehead atoms. The SMILES string of the molecule is O=C(NCc1cccnc1-n1cccn1)C1CC(=O)N(c2ccccc2Br)C1. The fraction of sp³-hybridized carbons (Fsp3) is 0.200. The Labute approximate surface area is 170 Å². The van der Waals surface area contributed by atoms with Crippen molar-refractivity contribution in [2.24, 2.45) is 5.92 Å². The van der Waals surface area contributed by atoms with Gasteiger partial charge >= 0.3 is 0 Å². The third-order valence-corrected chi connectivity index (χ3v) is 5.35. The zero-order valence-electron chi connectivity index (χ0n) is 15.0. The number of rotatable bonds is 5. The van der Waals surface area contributed by atoms with E-state index in [-0.39, 0.29) is 24.2 Å². The van der Waals surface area contributed by atoms with Crippen molar-refractivity contribution in [3.63, 3.8) is 0 Å². The number of benzene rings is 1. The Kier molecular flexibility index (Phi) is 5.21. The van der Waals surface area contributed by atoms with Gasteiger partial charge in [-0.05, 0) is 40.2 Å². The second-order valence-corrected chi connectivity index (χ2v) is 7.37. The third kappa shape index (κ3) is 3.68. The summed E-state index contributed by atoms with van der Waals surface area (Å²) in [7, 11) is 0. The molecule has 1 N–H and O–H groups in total. The maximum Gasteiger partial charge on any atom is 0.227 e. The van der Waals surface area contributed by atoms with Crippen molar-refractivity contribution in [2.45, 2.75) is 13.0 Å². The van der Waals surface area contributed by atoms with Crippen molar-refractivity contribution in [3.05, 3.63) is 71.1 Å². The van der Waals surface area contributed by atoms with Crippen LogP contribution in [0.1, 0.15) is 12.0 Å². The molecule has 1 aliphatic heterocycles. The van der Waals surface area contributed by atoms with Crippen LogP contribution in [0.4, 0.5) is 5.69 Å². The Balaban J connectivity index is 1.43. The third-order valence-electron chi connectivity index (χ3n) is 4.68. The van der Waals surface area contributed by atoms with Gasteiger partial charge in [0.1, 0.15) is 0 Å². The molecule has 142 valence electrons. The molecule has 0 spiro atoms. The molecule has 4 rings (SSSR count). The summed E-state index contributed by atoms with van der Waals surface area (Å²) >= 11 is 3.47. The number of nitrogens with zero attached hydrogens (tertiary/aromatic N) is 4. The van der Waals surface area contributed by atoms with Crippen LogP contribution >= 0.6 is 15.9 Å². The standard InChI is InChI=1S/C20H18BrN5O2/c21-16-6-1-2-7-17(16)25-13-15(11-18(25)27)20(28)23-12-14-5-3-8-22-19(14)26-10-4-9-24-26/h1-10,15H,11-13H2,(H,23,28). The van der Waals surface area contributed by atoms with Crippen LogP contribution in [0.25, 0.3) is 5.82 Å². The Morgan fingerprint density at radius 2 is 2.04 bits per heavy atom. The molecule has 1 saturated heterocycles. The highest BCUT2D eigenvalue weighted by Gasteiger charge is 2.35. The number of para-hydroxylation sites is 1. The Hall–Kier alpha value is -3.00. The summed E-state index contributed by atoms with van der Waals surface area (Å²) in [4.78, 5) is 31.1. The average Bonchev–Trinajstić information content (AvgIpc) is 3.37. The van der Waals surface area contributed by atoms with Gasteiger partial charge in [-0.15, -0.1) is 0 Å². The lowest BCUT2D eigenvalue weighted by molar-refractivity contribution is -0.126. The molecular formula is C20H18BrN5O2. The predicted octanol–water partition coefficient (Wildman–Crippen LogP) is 2.70. The Morgan fingerprint density at radius 1 is 1.18 bits per heavy atom. The minimum atomic E-state index is -0.385. The highest BCUT2D eigenvalue weighted by molar-refractivity contribution is 9.10. The van der Waals surface area contributed by atoms with E-state index in [0.717, 1.165) is 15.7 Å². The summed E-state index contributed by atoms with van der Waals surface area (Å²) in [6.45, 7) is 0.688. The highest BCUT2D eigenvalue weighted by Crippen LogP contribution is 2.31. The number of nitrogens with one attached hydrogen (secondary N) is 1. The number of hydrogen-bond donors (Lipinski definition) is 1. The summed E-state index contributed by atoms with van der Waals surface area (Å²) < 4.78 is 2.50. The second kappa shape index (κ2) is 7.93. The number of amides is 2. The number of hydrogen-bond acceptors (Lipinski definition) is 4. The van der Waals surface area contributed by atoms with E-state index in [4.69, 9.17) is 0 Å².